The molecule has 3 rings (SSSR count). The molecule has 2 aromatic rings. The molecule has 144 valence electrons. The van der Waals surface area contributed by atoms with Crippen molar-refractivity contribution in [2.75, 3.05) is 13.7 Å². The lowest BCUT2D eigenvalue weighted by molar-refractivity contribution is -0.121. The molecule has 0 spiro atoms. The second-order valence-corrected chi connectivity index (χ2v) is 7.81. The number of rotatable bonds is 5. The van der Waals surface area contributed by atoms with Gasteiger partial charge in [0, 0.05) is 7.05 Å². The first kappa shape index (κ1) is 20.1. The van der Waals surface area contributed by atoms with Crippen molar-refractivity contribution < 1.29 is 19.1 Å². The minimum Gasteiger partial charge on any atom is -0.490 e. The van der Waals surface area contributed by atoms with Crippen LogP contribution in [0.1, 0.15) is 28.4 Å². The summed E-state index contributed by atoms with van der Waals surface area (Å²) in [6.07, 6.45) is 1.75. The van der Waals surface area contributed by atoms with Crippen LogP contribution in [0.4, 0.5) is 0 Å². The third kappa shape index (κ3) is 4.43. The van der Waals surface area contributed by atoms with Crippen LogP contribution >= 0.6 is 24.0 Å². The van der Waals surface area contributed by atoms with Gasteiger partial charge in [0.2, 0.25) is 0 Å². The molecule has 28 heavy (non-hydrogen) atoms. The third-order valence-corrected chi connectivity index (χ3v) is 5.49. The summed E-state index contributed by atoms with van der Waals surface area (Å²) < 4.78 is 11.7. The number of thioether (sulfide) groups is 1. The van der Waals surface area contributed by atoms with E-state index in [1.165, 1.54) is 16.7 Å². The molecule has 5 nitrogen and oxygen atoms in total. The van der Waals surface area contributed by atoms with Crippen molar-refractivity contribution in [2.24, 2.45) is 0 Å². The Morgan fingerprint density at radius 2 is 2.00 bits per heavy atom. The van der Waals surface area contributed by atoms with E-state index in [-0.39, 0.29) is 5.91 Å². The Labute approximate surface area is 173 Å². The zero-order valence-electron chi connectivity index (χ0n) is 15.7. The Balaban J connectivity index is 1.86. The van der Waals surface area contributed by atoms with Crippen LogP contribution in [-0.4, -0.2) is 34.8 Å². The summed E-state index contributed by atoms with van der Waals surface area (Å²) in [4.78, 5) is 26.6. The fraction of sp³-hybridized carbons (Fsp3) is 0.190. The summed E-state index contributed by atoms with van der Waals surface area (Å²) in [5.74, 6) is 0.171. The van der Waals surface area contributed by atoms with Crippen molar-refractivity contribution in [3.63, 3.8) is 0 Å². The van der Waals surface area contributed by atoms with Crippen LogP contribution in [0.15, 0.2) is 47.4 Å². The predicted molar refractivity (Wildman–Crippen MR) is 115 cm³/mol. The number of ether oxygens (including phenoxy) is 2. The largest absolute Gasteiger partial charge is 0.490 e. The van der Waals surface area contributed by atoms with Gasteiger partial charge in [0.15, 0.2) is 11.5 Å². The van der Waals surface area contributed by atoms with Gasteiger partial charge < -0.3 is 9.47 Å². The molecule has 0 N–H and O–H groups in total. The van der Waals surface area contributed by atoms with E-state index in [0.29, 0.717) is 32.9 Å². The first-order chi connectivity index (χ1) is 13.4. The smallest absolute Gasteiger partial charge is 0.343 e. The van der Waals surface area contributed by atoms with Crippen LogP contribution in [0.25, 0.3) is 6.08 Å². The second kappa shape index (κ2) is 8.58. The van der Waals surface area contributed by atoms with Crippen LogP contribution < -0.4 is 9.47 Å². The number of thiocarbonyl (C=S) groups is 1. The summed E-state index contributed by atoms with van der Waals surface area (Å²) >= 11 is 6.40. The molecule has 1 amide bonds. The van der Waals surface area contributed by atoms with Gasteiger partial charge in [-0.05, 0) is 49.8 Å². The SMILES string of the molecule is CCOc1cc(/C=C2\SC(=S)N(C)C2=O)ccc1OC(=O)c1cccc(C)c1. The van der Waals surface area contributed by atoms with E-state index < -0.39 is 5.97 Å². The van der Waals surface area contributed by atoms with E-state index in [4.69, 9.17) is 21.7 Å². The highest BCUT2D eigenvalue weighted by atomic mass is 32.2. The van der Waals surface area contributed by atoms with E-state index in [1.807, 2.05) is 26.0 Å². The quantitative estimate of drug-likeness (QED) is 0.313. The van der Waals surface area contributed by atoms with Gasteiger partial charge in [-0.15, -0.1) is 0 Å². The van der Waals surface area contributed by atoms with Gasteiger partial charge in [0.05, 0.1) is 17.1 Å². The lowest BCUT2D eigenvalue weighted by Gasteiger charge is -2.12. The number of hydrogen-bond donors (Lipinski definition) is 0. The molecule has 0 bridgehead atoms. The summed E-state index contributed by atoms with van der Waals surface area (Å²) in [5.41, 5.74) is 2.20. The molecule has 1 heterocycles. The molecule has 0 aliphatic carbocycles. The molecule has 1 saturated heterocycles. The summed E-state index contributed by atoms with van der Waals surface area (Å²) in [6.45, 7) is 4.17. The maximum Gasteiger partial charge on any atom is 0.343 e. The van der Waals surface area contributed by atoms with Gasteiger partial charge in [-0.2, -0.15) is 0 Å². The number of amides is 1. The van der Waals surface area contributed by atoms with Crippen LogP contribution in [0.2, 0.25) is 0 Å². The van der Waals surface area contributed by atoms with Crippen molar-refractivity contribution in [3.05, 3.63) is 64.1 Å². The first-order valence-corrected chi connectivity index (χ1v) is 9.88. The van der Waals surface area contributed by atoms with E-state index in [9.17, 15) is 9.59 Å². The molecule has 1 aliphatic heterocycles. The number of hydrogen-bond acceptors (Lipinski definition) is 6. The van der Waals surface area contributed by atoms with Gasteiger partial charge in [-0.1, -0.05) is 47.7 Å². The molecule has 1 aliphatic rings. The zero-order chi connectivity index (χ0) is 20.3. The minimum atomic E-state index is -0.454. The number of likely N-dealkylation sites (N-methyl/N-ethyl adjacent to an activating group) is 1. The Bertz CT molecular complexity index is 984. The average molecular weight is 414 g/mol. The minimum absolute atomic E-state index is 0.136. The van der Waals surface area contributed by atoms with Crippen molar-refractivity contribution >= 4 is 46.3 Å². The molecule has 0 unspecified atom stereocenters. The van der Waals surface area contributed by atoms with Crippen LogP contribution in [0.5, 0.6) is 11.5 Å². The van der Waals surface area contributed by atoms with Gasteiger partial charge in [-0.3, -0.25) is 9.69 Å². The first-order valence-electron chi connectivity index (χ1n) is 8.66. The van der Waals surface area contributed by atoms with Gasteiger partial charge in [0.25, 0.3) is 5.91 Å². The molecular weight excluding hydrogens is 394 g/mol. The van der Waals surface area contributed by atoms with Crippen molar-refractivity contribution in [3.8, 4) is 11.5 Å². The fourth-order valence-electron chi connectivity index (χ4n) is 2.59. The van der Waals surface area contributed by atoms with Crippen LogP contribution in [-0.2, 0) is 4.79 Å². The second-order valence-electron chi connectivity index (χ2n) is 6.14. The number of carbonyl (C=O) groups excluding carboxylic acids is 2. The molecule has 1 fully saturated rings. The highest BCUT2D eigenvalue weighted by molar-refractivity contribution is 8.26. The molecule has 7 heteroatoms. The highest BCUT2D eigenvalue weighted by Crippen LogP contribution is 2.34. The van der Waals surface area contributed by atoms with Gasteiger partial charge in [0.1, 0.15) is 4.32 Å². The number of nitrogens with zero attached hydrogens (tertiary/aromatic N) is 1. The molecule has 0 saturated carbocycles. The number of carbonyl (C=O) groups is 2. The maximum absolute atomic E-state index is 12.4. The summed E-state index contributed by atoms with van der Waals surface area (Å²) in [5, 5.41) is 0. The maximum atomic E-state index is 12.4. The van der Waals surface area contributed by atoms with Crippen molar-refractivity contribution in [1.29, 1.82) is 0 Å². The van der Waals surface area contributed by atoms with Crippen LogP contribution in [0, 0.1) is 6.92 Å². The molecular formula is C21H19NO4S2. The number of benzene rings is 2. The standard InChI is InChI=1S/C21H19NO4S2/c1-4-25-17-11-14(12-18-19(23)22(3)21(27)28-18)8-9-16(17)26-20(24)15-7-5-6-13(2)10-15/h5-12H,4H2,1-3H3/b18-12-. The molecule has 0 radical (unpaired) electrons. The zero-order valence-corrected chi connectivity index (χ0v) is 17.4. The van der Waals surface area contributed by atoms with E-state index in [1.54, 1.807) is 43.5 Å². The molecule has 0 atom stereocenters. The normalized spacial score (nSPS) is 15.2. The summed E-state index contributed by atoms with van der Waals surface area (Å²) in [7, 11) is 1.65. The topological polar surface area (TPSA) is 55.8 Å². The van der Waals surface area contributed by atoms with E-state index >= 15 is 0 Å². The summed E-state index contributed by atoms with van der Waals surface area (Å²) in [6, 6.07) is 12.4. The van der Waals surface area contributed by atoms with E-state index in [2.05, 4.69) is 0 Å². The van der Waals surface area contributed by atoms with Gasteiger partial charge >= 0.3 is 5.97 Å². The lowest BCUT2D eigenvalue weighted by atomic mass is 10.1. The monoisotopic (exact) mass is 413 g/mol. The Morgan fingerprint density at radius 3 is 2.64 bits per heavy atom. The third-order valence-electron chi connectivity index (χ3n) is 4.01. The highest BCUT2D eigenvalue weighted by Gasteiger charge is 2.28. The number of aryl methyl sites for hydroxylation is 1. The van der Waals surface area contributed by atoms with Crippen LogP contribution in [0.3, 0.4) is 0 Å². The predicted octanol–water partition coefficient (Wildman–Crippen LogP) is 4.44. The lowest BCUT2D eigenvalue weighted by Crippen LogP contribution is -2.22. The molecule has 2 aromatic carbocycles. The molecule has 0 aromatic heterocycles. The Kier molecular flexibility index (Phi) is 6.16. The van der Waals surface area contributed by atoms with E-state index in [0.717, 1.165) is 11.1 Å². The fourth-order valence-corrected chi connectivity index (χ4v) is 3.77. The van der Waals surface area contributed by atoms with Crippen molar-refractivity contribution in [1.82, 2.24) is 4.90 Å². The Morgan fingerprint density at radius 1 is 1.21 bits per heavy atom. The number of esters is 1. The Hall–Kier alpha value is -2.64. The van der Waals surface area contributed by atoms with Gasteiger partial charge in [-0.25, -0.2) is 4.79 Å². The van der Waals surface area contributed by atoms with Crippen molar-refractivity contribution in [2.45, 2.75) is 13.8 Å². The average Bonchev–Trinajstić information content (AvgIpc) is 2.90.